The Bertz CT molecular complexity index is 392. The van der Waals surface area contributed by atoms with Crippen molar-refractivity contribution >= 4 is 11.6 Å². The first-order valence-electron chi connectivity index (χ1n) is 5.47. The Hall–Kier alpha value is -1.44. The maximum atomic E-state index is 10.1. The van der Waals surface area contributed by atoms with Gasteiger partial charge in [-0.25, -0.2) is 15.8 Å². The van der Waals surface area contributed by atoms with E-state index in [4.69, 9.17) is 10.6 Å². The molecule has 7 heteroatoms. The minimum absolute atomic E-state index is 0.353. The quantitative estimate of drug-likeness (QED) is 0.420. The number of anilines is 2. The van der Waals surface area contributed by atoms with E-state index in [1.54, 1.807) is 0 Å². The largest absolute Gasteiger partial charge is 0.386 e. The second kappa shape index (κ2) is 4.82. The summed E-state index contributed by atoms with van der Waals surface area (Å²) in [6, 6.07) is 0. The molecule has 1 aliphatic heterocycles. The number of hydrazine groups is 1. The van der Waals surface area contributed by atoms with Gasteiger partial charge in [-0.15, -0.1) is 0 Å². The number of ether oxygens (including phenoxy) is 1. The average Bonchev–Trinajstić information content (AvgIpc) is 2.75. The molecule has 1 aliphatic rings. The maximum Gasteiger partial charge on any atom is 0.148 e. The molecule has 5 N–H and O–H groups in total. The van der Waals surface area contributed by atoms with Crippen LogP contribution in [0.2, 0.25) is 0 Å². The van der Waals surface area contributed by atoms with Crippen molar-refractivity contribution in [2.45, 2.75) is 18.9 Å². The van der Waals surface area contributed by atoms with Crippen LogP contribution in [0.3, 0.4) is 0 Å². The van der Waals surface area contributed by atoms with Crippen LogP contribution in [0.4, 0.5) is 11.6 Å². The lowest BCUT2D eigenvalue weighted by Gasteiger charge is -2.21. The highest BCUT2D eigenvalue weighted by Crippen LogP contribution is 2.21. The highest BCUT2D eigenvalue weighted by atomic mass is 16.5. The van der Waals surface area contributed by atoms with Gasteiger partial charge >= 0.3 is 0 Å². The number of aromatic nitrogens is 2. The molecule has 7 nitrogen and oxygen atoms in total. The fraction of sp³-hybridized carbons (Fsp3) is 0.600. The Morgan fingerprint density at radius 2 is 2.29 bits per heavy atom. The third kappa shape index (κ3) is 2.63. The van der Waals surface area contributed by atoms with Crippen molar-refractivity contribution in [1.82, 2.24) is 9.97 Å². The first-order chi connectivity index (χ1) is 8.14. The molecule has 1 aromatic heterocycles. The Balaban J connectivity index is 2.03. The topological polar surface area (TPSA) is 105 Å². The summed E-state index contributed by atoms with van der Waals surface area (Å²) in [6.07, 6.45) is 2.05. The minimum atomic E-state index is -0.812. The molecule has 1 saturated heterocycles. The SMILES string of the molecule is Cc1c(NN)ncnc1NCC1(O)CCOC1. The van der Waals surface area contributed by atoms with E-state index >= 15 is 0 Å². The number of nitrogen functional groups attached to an aromatic ring is 1. The lowest BCUT2D eigenvalue weighted by molar-refractivity contribution is 0.0381. The summed E-state index contributed by atoms with van der Waals surface area (Å²) in [7, 11) is 0. The number of nitrogens with one attached hydrogen (secondary N) is 2. The summed E-state index contributed by atoms with van der Waals surface area (Å²) in [6.45, 7) is 3.20. The molecule has 2 rings (SSSR count). The van der Waals surface area contributed by atoms with E-state index in [0.717, 1.165) is 5.56 Å². The lowest BCUT2D eigenvalue weighted by Crippen LogP contribution is -2.37. The van der Waals surface area contributed by atoms with Gasteiger partial charge in [0.2, 0.25) is 0 Å². The third-order valence-corrected chi connectivity index (χ3v) is 2.89. The van der Waals surface area contributed by atoms with E-state index in [-0.39, 0.29) is 0 Å². The van der Waals surface area contributed by atoms with Gasteiger partial charge in [-0.05, 0) is 6.92 Å². The van der Waals surface area contributed by atoms with E-state index in [1.807, 2.05) is 6.92 Å². The zero-order valence-electron chi connectivity index (χ0n) is 9.73. The van der Waals surface area contributed by atoms with Crippen LogP contribution in [0.25, 0.3) is 0 Å². The van der Waals surface area contributed by atoms with Gasteiger partial charge in [0.25, 0.3) is 0 Å². The molecule has 17 heavy (non-hydrogen) atoms. The van der Waals surface area contributed by atoms with Gasteiger partial charge in [0.05, 0.1) is 6.61 Å². The molecule has 0 spiro atoms. The summed E-state index contributed by atoms with van der Waals surface area (Å²) in [5.74, 6) is 6.55. The molecule has 1 aromatic rings. The number of nitrogens with two attached hydrogens (primary N) is 1. The third-order valence-electron chi connectivity index (χ3n) is 2.89. The molecule has 0 amide bonds. The number of rotatable bonds is 4. The van der Waals surface area contributed by atoms with Crippen molar-refractivity contribution in [2.24, 2.45) is 5.84 Å². The highest BCUT2D eigenvalue weighted by Gasteiger charge is 2.32. The van der Waals surface area contributed by atoms with Gasteiger partial charge in [-0.3, -0.25) is 0 Å². The average molecular weight is 239 g/mol. The van der Waals surface area contributed by atoms with Crippen LogP contribution < -0.4 is 16.6 Å². The molecule has 0 bridgehead atoms. The van der Waals surface area contributed by atoms with Crippen LogP contribution >= 0.6 is 0 Å². The van der Waals surface area contributed by atoms with Crippen LogP contribution in [-0.2, 0) is 4.74 Å². The molecule has 1 atom stereocenters. The summed E-state index contributed by atoms with van der Waals surface area (Å²) >= 11 is 0. The van der Waals surface area contributed by atoms with E-state index < -0.39 is 5.60 Å². The van der Waals surface area contributed by atoms with E-state index in [9.17, 15) is 5.11 Å². The molecular weight excluding hydrogens is 222 g/mol. The van der Waals surface area contributed by atoms with Crippen molar-refractivity contribution < 1.29 is 9.84 Å². The van der Waals surface area contributed by atoms with Crippen molar-refractivity contribution in [2.75, 3.05) is 30.5 Å². The van der Waals surface area contributed by atoms with Gasteiger partial charge in [0.15, 0.2) is 0 Å². The van der Waals surface area contributed by atoms with Crippen molar-refractivity contribution in [3.8, 4) is 0 Å². The molecule has 1 fully saturated rings. The predicted molar refractivity (Wildman–Crippen MR) is 63.5 cm³/mol. The van der Waals surface area contributed by atoms with Gasteiger partial charge < -0.3 is 20.6 Å². The lowest BCUT2D eigenvalue weighted by atomic mass is 10.0. The first-order valence-corrected chi connectivity index (χ1v) is 5.47. The Morgan fingerprint density at radius 1 is 1.53 bits per heavy atom. The number of hydrogen-bond acceptors (Lipinski definition) is 7. The molecule has 94 valence electrons. The normalized spacial score (nSPS) is 23.7. The Labute approximate surface area is 99.4 Å². The summed E-state index contributed by atoms with van der Waals surface area (Å²) in [5.41, 5.74) is 2.50. The number of aliphatic hydroxyl groups is 1. The molecule has 0 saturated carbocycles. The van der Waals surface area contributed by atoms with Gasteiger partial charge in [0.1, 0.15) is 23.6 Å². The second-order valence-electron chi connectivity index (χ2n) is 4.22. The smallest absolute Gasteiger partial charge is 0.148 e. The second-order valence-corrected chi connectivity index (χ2v) is 4.22. The zero-order chi connectivity index (χ0) is 12.3. The van der Waals surface area contributed by atoms with Crippen molar-refractivity contribution in [3.05, 3.63) is 11.9 Å². The highest BCUT2D eigenvalue weighted by molar-refractivity contribution is 5.55. The van der Waals surface area contributed by atoms with Gasteiger partial charge in [-0.1, -0.05) is 0 Å². The van der Waals surface area contributed by atoms with Gasteiger partial charge in [0, 0.05) is 25.1 Å². The van der Waals surface area contributed by atoms with E-state index in [0.29, 0.717) is 37.8 Å². The number of hydrogen-bond donors (Lipinski definition) is 4. The molecule has 2 heterocycles. The summed E-state index contributed by atoms with van der Waals surface area (Å²) in [4.78, 5) is 8.09. The molecule has 1 unspecified atom stereocenters. The van der Waals surface area contributed by atoms with E-state index in [2.05, 4.69) is 20.7 Å². The van der Waals surface area contributed by atoms with Crippen LogP contribution in [0.5, 0.6) is 0 Å². The monoisotopic (exact) mass is 239 g/mol. The van der Waals surface area contributed by atoms with Gasteiger partial charge in [-0.2, -0.15) is 0 Å². The molecular formula is C10H17N5O2. The van der Waals surface area contributed by atoms with Crippen molar-refractivity contribution in [1.29, 1.82) is 0 Å². The summed E-state index contributed by atoms with van der Waals surface area (Å²) in [5, 5.41) is 13.2. The maximum absolute atomic E-state index is 10.1. The van der Waals surface area contributed by atoms with Crippen LogP contribution in [0.1, 0.15) is 12.0 Å². The first kappa shape index (κ1) is 12.0. The van der Waals surface area contributed by atoms with Crippen LogP contribution in [-0.4, -0.2) is 40.4 Å². The minimum Gasteiger partial charge on any atom is -0.386 e. The molecule has 0 aliphatic carbocycles. The molecule has 0 aromatic carbocycles. The van der Waals surface area contributed by atoms with Crippen molar-refractivity contribution in [3.63, 3.8) is 0 Å². The molecule has 0 radical (unpaired) electrons. The van der Waals surface area contributed by atoms with Crippen LogP contribution in [0, 0.1) is 6.92 Å². The van der Waals surface area contributed by atoms with Crippen LogP contribution in [0.15, 0.2) is 6.33 Å². The fourth-order valence-electron chi connectivity index (χ4n) is 1.76. The predicted octanol–water partition coefficient (Wildman–Crippen LogP) is -0.366. The summed E-state index contributed by atoms with van der Waals surface area (Å²) < 4.78 is 5.17. The zero-order valence-corrected chi connectivity index (χ0v) is 9.73. The Kier molecular flexibility index (Phi) is 3.41. The fourth-order valence-corrected chi connectivity index (χ4v) is 1.76. The van der Waals surface area contributed by atoms with E-state index in [1.165, 1.54) is 6.33 Å². The number of nitrogens with zero attached hydrogens (tertiary/aromatic N) is 2. The Morgan fingerprint density at radius 3 is 2.94 bits per heavy atom. The standard InChI is InChI=1S/C10H17N5O2/c1-7-8(13-6-14-9(7)15-11)12-4-10(16)2-3-17-5-10/h6,16H,2-5,11H2,1H3,(H2,12,13,14,15).